The van der Waals surface area contributed by atoms with E-state index in [9.17, 15) is 0 Å². The molecule has 84 valence electrons. The Morgan fingerprint density at radius 1 is 1.38 bits per heavy atom. The van der Waals surface area contributed by atoms with Crippen LogP contribution in [-0.2, 0) is 6.42 Å². The molecule has 0 unspecified atom stereocenters. The highest BCUT2D eigenvalue weighted by Crippen LogP contribution is 2.22. The molecule has 0 fully saturated rings. The van der Waals surface area contributed by atoms with E-state index in [4.69, 9.17) is 0 Å². The summed E-state index contributed by atoms with van der Waals surface area (Å²) in [5.41, 5.74) is 4.82. The molecule has 0 amide bonds. The lowest BCUT2D eigenvalue weighted by Crippen LogP contribution is -2.04. The van der Waals surface area contributed by atoms with Gasteiger partial charge in [-0.2, -0.15) is 0 Å². The summed E-state index contributed by atoms with van der Waals surface area (Å²) in [5.74, 6) is 1.60. The van der Waals surface area contributed by atoms with Crippen LogP contribution < -0.4 is 5.32 Å². The molecule has 2 aromatic heterocycles. The maximum Gasteiger partial charge on any atom is 0.181 e. The van der Waals surface area contributed by atoms with E-state index in [1.54, 1.807) is 16.8 Å². The van der Waals surface area contributed by atoms with Crippen LogP contribution in [0.5, 0.6) is 0 Å². The largest absolute Gasteiger partial charge is 0.373 e. The number of hydrogen-bond donors (Lipinski definition) is 1. The minimum absolute atomic E-state index is 0.695. The third-order valence-corrected chi connectivity index (χ3v) is 3.05. The van der Waals surface area contributed by atoms with Crippen molar-refractivity contribution in [2.75, 3.05) is 12.4 Å². The van der Waals surface area contributed by atoms with E-state index in [0.29, 0.717) is 5.82 Å². The molecule has 0 aliphatic heterocycles. The van der Waals surface area contributed by atoms with Crippen LogP contribution in [0.4, 0.5) is 5.82 Å². The summed E-state index contributed by atoms with van der Waals surface area (Å²) >= 11 is 1.55. The average molecular weight is 234 g/mol. The Kier molecular flexibility index (Phi) is 3.14. The topological polar surface area (TPSA) is 50.7 Å². The smallest absolute Gasteiger partial charge is 0.181 e. The standard InChI is InChI=1S/C11H14N4S/c1-4-8-7(2)14-11(15-10(8)12-3)9-5-16-6-13-9/h5-6H,4H2,1-3H3,(H,12,14,15). The lowest BCUT2D eigenvalue weighted by Gasteiger charge is -2.10. The summed E-state index contributed by atoms with van der Waals surface area (Å²) in [7, 11) is 1.88. The zero-order valence-electron chi connectivity index (χ0n) is 9.61. The van der Waals surface area contributed by atoms with Gasteiger partial charge in [0.2, 0.25) is 0 Å². The normalized spacial score (nSPS) is 10.4. The number of rotatable bonds is 3. The molecule has 0 aliphatic rings. The predicted molar refractivity (Wildman–Crippen MR) is 66.8 cm³/mol. The first-order chi connectivity index (χ1) is 7.76. The molecule has 2 aromatic rings. The second-order valence-corrected chi connectivity index (χ2v) is 4.16. The maximum absolute atomic E-state index is 4.49. The number of anilines is 1. The van der Waals surface area contributed by atoms with Gasteiger partial charge in [0.15, 0.2) is 5.82 Å². The number of aryl methyl sites for hydroxylation is 1. The number of hydrogen-bond acceptors (Lipinski definition) is 5. The summed E-state index contributed by atoms with van der Waals surface area (Å²) in [4.78, 5) is 13.2. The van der Waals surface area contributed by atoms with E-state index in [0.717, 1.165) is 23.6 Å². The molecule has 0 radical (unpaired) electrons. The monoisotopic (exact) mass is 234 g/mol. The van der Waals surface area contributed by atoms with Gasteiger partial charge in [-0.3, -0.25) is 0 Å². The van der Waals surface area contributed by atoms with Gasteiger partial charge in [-0.25, -0.2) is 15.0 Å². The molecule has 4 nitrogen and oxygen atoms in total. The number of thiazole rings is 1. The minimum atomic E-state index is 0.695. The van der Waals surface area contributed by atoms with Gasteiger partial charge < -0.3 is 5.32 Å². The predicted octanol–water partition coefficient (Wildman–Crippen LogP) is 2.51. The Morgan fingerprint density at radius 2 is 2.19 bits per heavy atom. The molecule has 2 rings (SSSR count). The number of aromatic nitrogens is 3. The van der Waals surface area contributed by atoms with Gasteiger partial charge in [0, 0.05) is 23.7 Å². The molecule has 5 heteroatoms. The molecular formula is C11H14N4S. The van der Waals surface area contributed by atoms with Gasteiger partial charge >= 0.3 is 0 Å². The van der Waals surface area contributed by atoms with Gasteiger partial charge in [0.05, 0.1) is 5.51 Å². The molecule has 0 bridgehead atoms. The van der Waals surface area contributed by atoms with Gasteiger partial charge in [-0.1, -0.05) is 6.92 Å². The van der Waals surface area contributed by atoms with Crippen LogP contribution >= 0.6 is 11.3 Å². The van der Waals surface area contributed by atoms with Crippen molar-refractivity contribution < 1.29 is 0 Å². The fraction of sp³-hybridized carbons (Fsp3) is 0.364. The Hall–Kier alpha value is -1.49. The molecule has 1 N–H and O–H groups in total. The second kappa shape index (κ2) is 4.57. The van der Waals surface area contributed by atoms with Crippen LogP contribution in [0.25, 0.3) is 11.5 Å². The summed E-state index contributed by atoms with van der Waals surface area (Å²) < 4.78 is 0. The molecular weight excluding hydrogens is 220 g/mol. The van der Waals surface area contributed by atoms with Crippen molar-refractivity contribution in [3.8, 4) is 11.5 Å². The first kappa shape index (κ1) is 11.0. The van der Waals surface area contributed by atoms with Crippen molar-refractivity contribution in [3.63, 3.8) is 0 Å². The zero-order valence-corrected chi connectivity index (χ0v) is 10.4. The molecule has 0 aliphatic carbocycles. The quantitative estimate of drug-likeness (QED) is 0.886. The van der Waals surface area contributed by atoms with Gasteiger partial charge in [0.25, 0.3) is 0 Å². The SMILES string of the molecule is CCc1c(C)nc(-c2cscn2)nc1NC. The Morgan fingerprint density at radius 3 is 2.75 bits per heavy atom. The van der Waals surface area contributed by atoms with Crippen molar-refractivity contribution in [1.82, 2.24) is 15.0 Å². The fourth-order valence-electron chi connectivity index (χ4n) is 1.66. The Balaban J connectivity index is 2.54. The second-order valence-electron chi connectivity index (χ2n) is 3.44. The van der Waals surface area contributed by atoms with E-state index < -0.39 is 0 Å². The number of nitrogens with zero attached hydrogens (tertiary/aromatic N) is 3. The Labute approximate surface area is 98.8 Å². The van der Waals surface area contributed by atoms with Crippen LogP contribution in [0.1, 0.15) is 18.2 Å². The van der Waals surface area contributed by atoms with E-state index in [-0.39, 0.29) is 0 Å². The summed E-state index contributed by atoms with van der Waals surface area (Å²) in [5, 5.41) is 5.07. The highest BCUT2D eigenvalue weighted by Gasteiger charge is 2.11. The zero-order chi connectivity index (χ0) is 11.5. The third kappa shape index (κ3) is 1.90. The minimum Gasteiger partial charge on any atom is -0.373 e. The van der Waals surface area contributed by atoms with Crippen molar-refractivity contribution in [1.29, 1.82) is 0 Å². The van der Waals surface area contributed by atoms with E-state index in [1.807, 2.05) is 19.4 Å². The van der Waals surface area contributed by atoms with Gasteiger partial charge in [0.1, 0.15) is 11.5 Å². The van der Waals surface area contributed by atoms with Crippen LogP contribution in [0.2, 0.25) is 0 Å². The summed E-state index contributed by atoms with van der Waals surface area (Å²) in [6.07, 6.45) is 0.930. The van der Waals surface area contributed by atoms with Crippen molar-refractivity contribution in [2.45, 2.75) is 20.3 Å². The average Bonchev–Trinajstić information content (AvgIpc) is 2.81. The molecule has 0 aromatic carbocycles. The summed E-state index contributed by atoms with van der Waals surface area (Å²) in [6.45, 7) is 4.12. The van der Waals surface area contributed by atoms with Gasteiger partial charge in [-0.15, -0.1) is 11.3 Å². The van der Waals surface area contributed by atoms with Crippen LogP contribution in [0.15, 0.2) is 10.9 Å². The van der Waals surface area contributed by atoms with Crippen molar-refractivity contribution in [3.05, 3.63) is 22.1 Å². The fourth-order valence-corrected chi connectivity index (χ4v) is 2.19. The number of nitrogens with one attached hydrogen (secondary N) is 1. The third-order valence-electron chi connectivity index (χ3n) is 2.47. The van der Waals surface area contributed by atoms with Crippen molar-refractivity contribution in [2.24, 2.45) is 0 Å². The van der Waals surface area contributed by atoms with Crippen LogP contribution in [0.3, 0.4) is 0 Å². The lowest BCUT2D eigenvalue weighted by atomic mass is 10.1. The molecule has 0 atom stereocenters. The Bertz CT molecular complexity index is 479. The maximum atomic E-state index is 4.49. The van der Waals surface area contributed by atoms with Crippen LogP contribution in [0, 0.1) is 6.92 Å². The first-order valence-corrected chi connectivity index (χ1v) is 6.14. The lowest BCUT2D eigenvalue weighted by molar-refractivity contribution is 0.998. The van der Waals surface area contributed by atoms with E-state index >= 15 is 0 Å². The van der Waals surface area contributed by atoms with E-state index in [2.05, 4.69) is 27.2 Å². The molecule has 2 heterocycles. The molecule has 0 saturated carbocycles. The van der Waals surface area contributed by atoms with E-state index in [1.165, 1.54) is 5.56 Å². The van der Waals surface area contributed by atoms with Crippen LogP contribution in [-0.4, -0.2) is 22.0 Å². The molecule has 0 saturated heterocycles. The van der Waals surface area contributed by atoms with Gasteiger partial charge in [-0.05, 0) is 13.3 Å². The summed E-state index contributed by atoms with van der Waals surface area (Å²) in [6, 6.07) is 0. The molecule has 16 heavy (non-hydrogen) atoms. The first-order valence-electron chi connectivity index (χ1n) is 5.20. The molecule has 0 spiro atoms. The highest BCUT2D eigenvalue weighted by molar-refractivity contribution is 7.07. The highest BCUT2D eigenvalue weighted by atomic mass is 32.1. The van der Waals surface area contributed by atoms with Crippen molar-refractivity contribution >= 4 is 17.2 Å².